The highest BCUT2D eigenvalue weighted by atomic mass is 16.3. The Labute approximate surface area is 726 Å². The van der Waals surface area contributed by atoms with Gasteiger partial charge in [-0.1, -0.05) is 255 Å². The van der Waals surface area contributed by atoms with Crippen LogP contribution in [-0.2, 0) is 23.7 Å². The molecule has 5 N–H and O–H groups in total. The van der Waals surface area contributed by atoms with E-state index in [0.29, 0.717) is 29.3 Å². The number of fused-ring (bicyclic) bond motifs is 8. The number of allylic oxidation sites excluding steroid dienone is 14. The number of anilines is 6. The highest BCUT2D eigenvalue weighted by Gasteiger charge is 2.55. The molecule has 0 spiro atoms. The van der Waals surface area contributed by atoms with E-state index in [2.05, 4.69) is 295 Å². The molecule has 0 saturated carbocycles. The van der Waals surface area contributed by atoms with Crippen molar-refractivity contribution in [3.8, 4) is 73.3 Å². The van der Waals surface area contributed by atoms with E-state index in [1.807, 2.05) is 23.5 Å². The largest absolute Gasteiger partial charge is 0.505 e. The van der Waals surface area contributed by atoms with Gasteiger partial charge < -0.3 is 35.3 Å². The summed E-state index contributed by atoms with van der Waals surface area (Å²) in [5.74, 6) is 0.00849. The van der Waals surface area contributed by atoms with Crippen LogP contribution >= 0.6 is 0 Å². The lowest BCUT2D eigenvalue weighted by Crippen LogP contribution is -2.46. The fourth-order valence-corrected chi connectivity index (χ4v) is 23.3. The van der Waals surface area contributed by atoms with E-state index in [0.717, 1.165) is 199 Å². The second-order valence-corrected chi connectivity index (χ2v) is 36.3. The van der Waals surface area contributed by atoms with Crippen molar-refractivity contribution in [2.24, 2.45) is 23.7 Å². The van der Waals surface area contributed by atoms with Gasteiger partial charge in [-0.05, 0) is 291 Å². The standard InChI is InChI=1S/C110H109B5N2O5/c1-5-9-11-15-27-75-60-88(74-43-51-80(52-44-74)117(78-47-39-72(40-48-78)70-25-19-14-20-26-70)82-54-56-86-94(62-82)110(98-100(112)102(114)107(121)108(122)105(98)119)64-66-34-36-68(8-4)90(58-66)84-30-22-32-92(110)96(84)86)76(28-16-12-10-6-2)59-87(75)73-41-49-79(50-42-73)116(77-45-37-71(38-46-77)69-23-17-13-18-24-69)81-53-55-85-93(61-81)109(97-99(111)101(113)103(115)106(120)104(97)118)63-65-33-35-67(7-3)89(57-65)83-29-21-31-91(109)95(83)85/h7-8,13-14,17-20,23-26,29-30,37-62,67-68,89-90,118-122H,3-6,9-12,15-16,21-22,27-28,31-36,63-64,111-115H2,1-2H3/t67?,68?,89-,90+,109?,110?/m0/s1. The van der Waals surface area contributed by atoms with Gasteiger partial charge in [0.05, 0.1) is 0 Å². The van der Waals surface area contributed by atoms with Crippen LogP contribution in [-0.4, -0.2) is 64.8 Å². The number of aromatic hydroxyl groups is 5. The van der Waals surface area contributed by atoms with Crippen LogP contribution in [0, 0.1) is 23.7 Å². The molecule has 0 aromatic heterocycles. The molecule has 11 aromatic carbocycles. The molecule has 0 aliphatic heterocycles. The molecule has 0 saturated heterocycles. The van der Waals surface area contributed by atoms with Gasteiger partial charge in [0.15, 0.2) is 28.7 Å². The number of phenols is 5. The topological polar surface area (TPSA) is 108 Å². The first-order chi connectivity index (χ1) is 59.5. The van der Waals surface area contributed by atoms with Crippen LogP contribution in [0.3, 0.4) is 0 Å². The maximum Gasteiger partial charge on any atom is 0.199 e. The van der Waals surface area contributed by atoms with Gasteiger partial charge in [-0.25, -0.2) is 0 Å². The molecule has 12 heteroatoms. The number of hydrogen-bond acceptors (Lipinski definition) is 7. The highest BCUT2D eigenvalue weighted by molar-refractivity contribution is 6.59. The third-order valence-corrected chi connectivity index (χ3v) is 29.8. The zero-order valence-corrected chi connectivity index (χ0v) is 72.1. The molecule has 0 heterocycles. The van der Waals surface area contributed by atoms with Crippen molar-refractivity contribution in [2.45, 2.75) is 153 Å². The zero-order chi connectivity index (χ0) is 84.0. The van der Waals surface area contributed by atoms with Gasteiger partial charge in [0.2, 0.25) is 0 Å². The number of benzene rings is 11. The molecule has 11 aromatic rings. The lowest BCUT2D eigenvalue weighted by molar-refractivity contribution is 0.361. The molecule has 12 bridgehead atoms. The molecular formula is C110H109B5N2O5. The number of aryl methyl sites for hydroxylation is 2. The first-order valence-electron chi connectivity index (χ1n) is 45.3. The van der Waals surface area contributed by atoms with Crippen LogP contribution in [0.15, 0.2) is 289 Å². The minimum absolute atomic E-state index is 0.00226. The Morgan fingerprint density at radius 3 is 1.13 bits per heavy atom. The van der Waals surface area contributed by atoms with Crippen molar-refractivity contribution in [2.75, 3.05) is 9.80 Å². The Morgan fingerprint density at radius 2 is 0.730 bits per heavy atom. The number of hydrogen-bond donors (Lipinski definition) is 5. The fraction of sp³-hybridized carbons (Fsp3) is 0.255. The third-order valence-electron chi connectivity index (χ3n) is 29.8. The van der Waals surface area contributed by atoms with Gasteiger partial charge in [-0.2, -0.15) is 0 Å². The van der Waals surface area contributed by atoms with Gasteiger partial charge in [-0.15, -0.1) is 13.2 Å². The second-order valence-electron chi connectivity index (χ2n) is 36.3. The van der Waals surface area contributed by atoms with Crippen LogP contribution in [0.25, 0.3) is 55.7 Å². The second kappa shape index (κ2) is 32.6. The smallest absolute Gasteiger partial charge is 0.199 e. The molecule has 0 radical (unpaired) electrons. The average molecular weight is 1590 g/mol. The van der Waals surface area contributed by atoms with E-state index in [4.69, 9.17) is 0 Å². The van der Waals surface area contributed by atoms with Crippen molar-refractivity contribution < 1.29 is 25.5 Å². The van der Waals surface area contributed by atoms with Gasteiger partial charge in [0.25, 0.3) is 0 Å². The van der Waals surface area contributed by atoms with Crippen LogP contribution in [0.4, 0.5) is 34.1 Å². The first-order valence-corrected chi connectivity index (χ1v) is 45.3. The van der Waals surface area contributed by atoms with E-state index in [1.165, 1.54) is 107 Å². The molecule has 4 unspecified atom stereocenters. The Balaban J connectivity index is 0.740. The zero-order valence-electron chi connectivity index (χ0n) is 72.1. The molecule has 0 amide bonds. The molecule has 122 heavy (non-hydrogen) atoms. The van der Waals surface area contributed by atoms with Gasteiger partial charge in [0, 0.05) is 67.9 Å². The van der Waals surface area contributed by atoms with Crippen LogP contribution in [0.5, 0.6) is 28.7 Å². The summed E-state index contributed by atoms with van der Waals surface area (Å²) in [7, 11) is 10.1. The summed E-state index contributed by atoms with van der Waals surface area (Å²) in [4.78, 5) is 4.85. The number of unbranched alkanes of at least 4 members (excludes halogenated alkanes) is 6. The highest BCUT2D eigenvalue weighted by Crippen LogP contribution is 2.67. The first kappa shape index (κ1) is 80.0. The molecule has 8 aliphatic carbocycles. The van der Waals surface area contributed by atoms with Crippen LogP contribution < -0.4 is 37.1 Å². The SMILES string of the molecule is Bc1c(B)c(O)c(O)c(C23CC4=C[C@H](C5=CCCC2=C5c2ccc(N(c5ccc(-c6ccccc6)cc5)c5ccc(-c6cc(CCCCCC)c(-c7ccc(N(c8ccc(-c9ccccc9)cc8)c8ccc9c(c8)C8(c%10c(B)c(B)c(O)c(O)c%10O)CC%10=C[C@@H](C%11=CCCC8=C%119)C(C=C)CC%10)cc7)cc6CCCCCC)cc5)cc23)C(C=C)CC4)c1B. The van der Waals surface area contributed by atoms with E-state index in [1.54, 1.807) is 0 Å². The number of rotatable bonds is 24. The van der Waals surface area contributed by atoms with Gasteiger partial charge in [-0.3, -0.25) is 0 Å². The summed E-state index contributed by atoms with van der Waals surface area (Å²) in [5.41, 5.74) is 37.7. The Kier molecular flexibility index (Phi) is 21.4. The van der Waals surface area contributed by atoms with E-state index in [9.17, 15) is 25.5 Å². The maximum atomic E-state index is 12.8. The Morgan fingerprint density at radius 1 is 0.369 bits per heavy atom. The van der Waals surface area contributed by atoms with Crippen molar-refractivity contribution in [3.63, 3.8) is 0 Å². The number of nitrogens with zero attached hydrogens (tertiary/aromatic N) is 2. The molecular weight excluding hydrogens is 1480 g/mol. The lowest BCUT2D eigenvalue weighted by atomic mass is 9.57. The summed E-state index contributed by atoms with van der Waals surface area (Å²) in [6, 6.07) is 77.5. The predicted molar refractivity (Wildman–Crippen MR) is 524 cm³/mol. The van der Waals surface area contributed by atoms with Crippen molar-refractivity contribution >= 4 is 112 Å². The van der Waals surface area contributed by atoms with Gasteiger partial charge in [0.1, 0.15) is 39.2 Å². The average Bonchev–Trinajstić information content (AvgIpc) is 1.51. The van der Waals surface area contributed by atoms with E-state index in [-0.39, 0.29) is 34.8 Å². The summed E-state index contributed by atoms with van der Waals surface area (Å²) >= 11 is 0. The Bertz CT molecular complexity index is 5800. The minimum atomic E-state index is -0.848. The molecule has 7 nitrogen and oxygen atoms in total. The summed E-state index contributed by atoms with van der Waals surface area (Å²) in [6.45, 7) is 13.4. The normalized spacial score (nSPS) is 20.1. The summed E-state index contributed by atoms with van der Waals surface area (Å²) < 4.78 is 0. The molecule has 0 fully saturated rings. The fourth-order valence-electron chi connectivity index (χ4n) is 23.3. The minimum Gasteiger partial charge on any atom is -0.505 e. The van der Waals surface area contributed by atoms with Crippen LogP contribution in [0.2, 0.25) is 0 Å². The third kappa shape index (κ3) is 13.3. The monoisotopic (exact) mass is 1590 g/mol. The Hall–Kier alpha value is -11.7. The molecule has 19 rings (SSSR count). The lowest BCUT2D eigenvalue weighted by Gasteiger charge is -2.43. The van der Waals surface area contributed by atoms with Crippen molar-refractivity contribution in [3.05, 3.63) is 334 Å². The molecule has 6 atom stereocenters. The molecule has 604 valence electrons. The van der Waals surface area contributed by atoms with Crippen molar-refractivity contribution in [1.82, 2.24) is 0 Å². The maximum absolute atomic E-state index is 12.8. The van der Waals surface area contributed by atoms with E-state index >= 15 is 0 Å². The number of phenolic OH excluding ortho intramolecular Hbond substituents is 5. The molecule has 8 aliphatic rings. The van der Waals surface area contributed by atoms with E-state index < -0.39 is 16.6 Å². The summed E-state index contributed by atoms with van der Waals surface area (Å²) in [5, 5.41) is 60.8. The van der Waals surface area contributed by atoms with Crippen molar-refractivity contribution in [1.29, 1.82) is 0 Å². The summed E-state index contributed by atoms with van der Waals surface area (Å²) in [6.07, 6.45) is 34.1. The van der Waals surface area contributed by atoms with Crippen LogP contribution in [0.1, 0.15) is 174 Å². The van der Waals surface area contributed by atoms with Gasteiger partial charge >= 0.3 is 0 Å². The predicted octanol–water partition coefficient (Wildman–Crippen LogP) is 20.0. The quantitative estimate of drug-likeness (QED) is 0.0178.